The molecule has 1 heterocycles. The third-order valence-electron chi connectivity index (χ3n) is 2.51. The molecule has 0 aliphatic rings. The molecule has 0 spiro atoms. The summed E-state index contributed by atoms with van der Waals surface area (Å²) in [7, 11) is 1.34. The van der Waals surface area contributed by atoms with Crippen LogP contribution in [0.2, 0.25) is 5.02 Å². The summed E-state index contributed by atoms with van der Waals surface area (Å²) in [6, 6.07) is 8.37. The van der Waals surface area contributed by atoms with E-state index in [1.165, 1.54) is 7.11 Å². The normalized spacial score (nSPS) is 10.0. The van der Waals surface area contributed by atoms with Gasteiger partial charge >= 0.3 is 5.97 Å². The first-order chi connectivity index (χ1) is 9.11. The van der Waals surface area contributed by atoms with Crippen molar-refractivity contribution in [2.45, 2.75) is 0 Å². The molecule has 0 saturated heterocycles. The number of nitrogens with zero attached hydrogens (tertiary/aromatic N) is 1. The number of anilines is 3. The maximum absolute atomic E-state index is 11.3. The van der Waals surface area contributed by atoms with Crippen LogP contribution in [0.3, 0.4) is 0 Å². The number of hydrogen-bond acceptors (Lipinski definition) is 5. The van der Waals surface area contributed by atoms with E-state index in [9.17, 15) is 4.79 Å². The Bertz CT molecular complexity index is 599. The van der Waals surface area contributed by atoms with Crippen molar-refractivity contribution in [1.29, 1.82) is 0 Å². The molecule has 3 N–H and O–H groups in total. The van der Waals surface area contributed by atoms with Crippen LogP contribution in [-0.4, -0.2) is 18.1 Å². The van der Waals surface area contributed by atoms with E-state index in [0.717, 1.165) is 5.69 Å². The number of rotatable bonds is 3. The Labute approximate surface area is 115 Å². The Hall–Kier alpha value is -2.27. The highest BCUT2D eigenvalue weighted by Crippen LogP contribution is 2.27. The Morgan fingerprint density at radius 3 is 2.63 bits per heavy atom. The lowest BCUT2D eigenvalue weighted by Crippen LogP contribution is -2.02. The maximum Gasteiger partial charge on any atom is 0.337 e. The number of nitrogens with one attached hydrogen (secondary N) is 1. The fourth-order valence-electron chi connectivity index (χ4n) is 1.49. The number of methoxy groups -OCH3 is 1. The molecule has 19 heavy (non-hydrogen) atoms. The molecule has 0 unspecified atom stereocenters. The van der Waals surface area contributed by atoms with Gasteiger partial charge in [0.2, 0.25) is 0 Å². The van der Waals surface area contributed by atoms with Crippen LogP contribution in [0.4, 0.5) is 17.2 Å². The second-order valence-corrected chi connectivity index (χ2v) is 4.16. The molecule has 6 heteroatoms. The number of esters is 1. The van der Waals surface area contributed by atoms with Crippen molar-refractivity contribution in [3.8, 4) is 0 Å². The molecule has 98 valence electrons. The molecular weight excluding hydrogens is 266 g/mol. The molecular formula is C13H12ClN3O2. The van der Waals surface area contributed by atoms with Crippen molar-refractivity contribution >= 4 is 34.8 Å². The molecule has 0 amide bonds. The van der Waals surface area contributed by atoms with E-state index >= 15 is 0 Å². The molecule has 0 fully saturated rings. The monoisotopic (exact) mass is 277 g/mol. The largest absolute Gasteiger partial charge is 0.465 e. The van der Waals surface area contributed by atoms with E-state index < -0.39 is 0 Å². The molecule has 0 atom stereocenters. The number of benzene rings is 1. The molecule has 0 radical (unpaired) electrons. The van der Waals surface area contributed by atoms with Crippen molar-refractivity contribution in [3.63, 3.8) is 0 Å². The average molecular weight is 278 g/mol. The molecule has 1 aromatic heterocycles. The van der Waals surface area contributed by atoms with Crippen LogP contribution in [0.1, 0.15) is 10.4 Å². The van der Waals surface area contributed by atoms with Crippen molar-refractivity contribution in [1.82, 2.24) is 4.98 Å². The van der Waals surface area contributed by atoms with Gasteiger partial charge in [-0.2, -0.15) is 0 Å². The van der Waals surface area contributed by atoms with Gasteiger partial charge in [0.15, 0.2) is 5.82 Å². The summed E-state index contributed by atoms with van der Waals surface area (Å²) in [5.41, 5.74) is 7.39. The summed E-state index contributed by atoms with van der Waals surface area (Å²) >= 11 is 5.90. The summed E-state index contributed by atoms with van der Waals surface area (Å²) in [5.74, 6) is 0.0882. The Balaban J connectivity index is 2.20. The molecule has 0 aliphatic carbocycles. The molecule has 2 aromatic rings. The first-order valence-corrected chi connectivity index (χ1v) is 5.85. The van der Waals surface area contributed by atoms with Crippen LogP contribution < -0.4 is 11.1 Å². The molecule has 1 aromatic carbocycles. The number of carbonyl (C=O) groups excluding carboxylic acids is 1. The van der Waals surface area contributed by atoms with Crippen molar-refractivity contribution in [2.24, 2.45) is 0 Å². The Morgan fingerprint density at radius 2 is 2.00 bits per heavy atom. The van der Waals surface area contributed by atoms with Gasteiger partial charge in [-0.3, -0.25) is 0 Å². The lowest BCUT2D eigenvalue weighted by molar-refractivity contribution is 0.0601. The van der Waals surface area contributed by atoms with Crippen LogP contribution in [0, 0.1) is 0 Å². The summed E-state index contributed by atoms with van der Waals surface area (Å²) < 4.78 is 4.62. The lowest BCUT2D eigenvalue weighted by Gasteiger charge is -2.09. The summed E-state index contributed by atoms with van der Waals surface area (Å²) in [5, 5.41) is 3.46. The topological polar surface area (TPSA) is 77.2 Å². The number of nitrogens with two attached hydrogens (primary N) is 1. The Kier molecular flexibility index (Phi) is 3.87. The molecule has 5 nitrogen and oxygen atoms in total. The van der Waals surface area contributed by atoms with E-state index in [2.05, 4.69) is 15.0 Å². The van der Waals surface area contributed by atoms with Gasteiger partial charge in [0.1, 0.15) is 0 Å². The van der Waals surface area contributed by atoms with E-state index in [4.69, 9.17) is 17.3 Å². The van der Waals surface area contributed by atoms with Gasteiger partial charge in [-0.25, -0.2) is 9.78 Å². The minimum absolute atomic E-state index is 0.376. The highest BCUT2D eigenvalue weighted by atomic mass is 35.5. The van der Waals surface area contributed by atoms with Crippen molar-refractivity contribution in [3.05, 3.63) is 47.1 Å². The number of nitrogen functional groups attached to an aromatic ring is 1. The number of hydrogen-bond donors (Lipinski definition) is 2. The SMILES string of the molecule is COC(=O)c1ccc(Nc2nccc(Cl)c2N)cc1. The van der Waals surface area contributed by atoms with Crippen molar-refractivity contribution in [2.75, 3.05) is 18.2 Å². The highest BCUT2D eigenvalue weighted by molar-refractivity contribution is 6.33. The minimum Gasteiger partial charge on any atom is -0.465 e. The van der Waals surface area contributed by atoms with Crippen LogP contribution in [0.25, 0.3) is 0 Å². The van der Waals surface area contributed by atoms with E-state index in [0.29, 0.717) is 22.1 Å². The zero-order valence-corrected chi connectivity index (χ0v) is 10.9. The summed E-state index contributed by atoms with van der Waals surface area (Å²) in [6.45, 7) is 0. The first kappa shape index (κ1) is 13.2. The first-order valence-electron chi connectivity index (χ1n) is 5.47. The van der Waals surface area contributed by atoms with E-state index in [1.54, 1.807) is 36.5 Å². The quantitative estimate of drug-likeness (QED) is 0.844. The number of pyridine rings is 1. The number of carbonyl (C=O) groups is 1. The molecule has 0 bridgehead atoms. The number of aromatic nitrogens is 1. The zero-order chi connectivity index (χ0) is 13.8. The van der Waals surface area contributed by atoms with Crippen LogP contribution in [0.5, 0.6) is 0 Å². The van der Waals surface area contributed by atoms with Crippen LogP contribution in [0.15, 0.2) is 36.5 Å². The Morgan fingerprint density at radius 1 is 1.32 bits per heavy atom. The summed E-state index contributed by atoms with van der Waals surface area (Å²) in [4.78, 5) is 15.4. The van der Waals surface area contributed by atoms with Gasteiger partial charge in [-0.05, 0) is 30.3 Å². The second-order valence-electron chi connectivity index (χ2n) is 3.75. The van der Waals surface area contributed by atoms with Gasteiger partial charge in [0.05, 0.1) is 23.4 Å². The van der Waals surface area contributed by atoms with Crippen LogP contribution in [-0.2, 0) is 4.74 Å². The molecule has 0 aliphatic heterocycles. The molecule has 2 rings (SSSR count). The average Bonchev–Trinajstić information content (AvgIpc) is 2.44. The zero-order valence-electron chi connectivity index (χ0n) is 10.2. The second kappa shape index (κ2) is 5.58. The third kappa shape index (κ3) is 2.95. The van der Waals surface area contributed by atoms with Gasteiger partial charge in [0.25, 0.3) is 0 Å². The number of ether oxygens (including phenoxy) is 1. The van der Waals surface area contributed by atoms with Gasteiger partial charge in [-0.15, -0.1) is 0 Å². The van der Waals surface area contributed by atoms with Crippen LogP contribution >= 0.6 is 11.6 Å². The lowest BCUT2D eigenvalue weighted by atomic mass is 10.2. The van der Waals surface area contributed by atoms with Gasteiger partial charge < -0.3 is 15.8 Å². The predicted molar refractivity (Wildman–Crippen MR) is 74.7 cm³/mol. The third-order valence-corrected chi connectivity index (χ3v) is 2.84. The number of halogens is 1. The summed E-state index contributed by atoms with van der Waals surface area (Å²) in [6.07, 6.45) is 1.56. The fraction of sp³-hybridized carbons (Fsp3) is 0.0769. The van der Waals surface area contributed by atoms with Gasteiger partial charge in [-0.1, -0.05) is 11.6 Å². The van der Waals surface area contributed by atoms with Crippen molar-refractivity contribution < 1.29 is 9.53 Å². The smallest absolute Gasteiger partial charge is 0.337 e. The molecule has 0 saturated carbocycles. The predicted octanol–water partition coefficient (Wildman–Crippen LogP) is 2.85. The fourth-order valence-corrected chi connectivity index (χ4v) is 1.64. The van der Waals surface area contributed by atoms with Gasteiger partial charge in [0, 0.05) is 11.9 Å². The standard InChI is InChI=1S/C13H12ClN3O2/c1-19-13(18)8-2-4-9(5-3-8)17-12-11(15)10(14)6-7-16-12/h2-7H,15H2,1H3,(H,16,17). The maximum atomic E-state index is 11.3. The minimum atomic E-state index is -0.382. The highest BCUT2D eigenvalue weighted by Gasteiger charge is 2.07. The van der Waals surface area contributed by atoms with E-state index in [-0.39, 0.29) is 5.97 Å². The van der Waals surface area contributed by atoms with E-state index in [1.807, 2.05) is 0 Å².